The molecule has 1 N–H and O–H groups in total. The van der Waals surface area contributed by atoms with Gasteiger partial charge in [0.1, 0.15) is 5.82 Å². The SMILES string of the molecule is COC(=O)c1c(CC(=O)N(C)Cc2c(F)cccc2Cl)[nH]c(C(C)=O)c1C. The second kappa shape index (κ2) is 8.35. The van der Waals surface area contributed by atoms with Crippen molar-refractivity contribution in [3.05, 3.63) is 57.1 Å². The van der Waals surface area contributed by atoms with Gasteiger partial charge in [-0.05, 0) is 24.6 Å². The number of hydrogen-bond donors (Lipinski definition) is 1. The quantitative estimate of drug-likeness (QED) is 0.602. The summed E-state index contributed by atoms with van der Waals surface area (Å²) in [7, 11) is 2.73. The maximum Gasteiger partial charge on any atom is 0.339 e. The third kappa shape index (κ3) is 4.36. The number of ketones is 1. The highest BCUT2D eigenvalue weighted by molar-refractivity contribution is 6.31. The fourth-order valence-electron chi connectivity index (χ4n) is 2.82. The number of aromatic amines is 1. The number of carbonyl (C=O) groups is 3. The van der Waals surface area contributed by atoms with E-state index in [-0.39, 0.29) is 52.2 Å². The van der Waals surface area contributed by atoms with Crippen LogP contribution in [0, 0.1) is 12.7 Å². The number of nitrogens with one attached hydrogen (secondary N) is 1. The second-order valence-electron chi connectivity index (χ2n) is 6.15. The van der Waals surface area contributed by atoms with Crippen LogP contribution in [0.2, 0.25) is 5.02 Å². The molecule has 1 heterocycles. The minimum absolute atomic E-state index is 0.0306. The summed E-state index contributed by atoms with van der Waals surface area (Å²) < 4.78 is 18.7. The van der Waals surface area contributed by atoms with Crippen molar-refractivity contribution in [2.45, 2.75) is 26.8 Å². The Balaban J connectivity index is 2.28. The van der Waals surface area contributed by atoms with E-state index in [0.29, 0.717) is 5.56 Å². The Morgan fingerprint density at radius 3 is 2.52 bits per heavy atom. The molecule has 0 fully saturated rings. The first-order valence-corrected chi connectivity index (χ1v) is 8.52. The van der Waals surface area contributed by atoms with Crippen LogP contribution in [-0.2, 0) is 22.5 Å². The van der Waals surface area contributed by atoms with Crippen LogP contribution < -0.4 is 0 Å². The summed E-state index contributed by atoms with van der Waals surface area (Å²) in [6.07, 6.45) is -0.179. The number of H-pyrrole nitrogens is 1. The molecule has 0 aliphatic carbocycles. The molecule has 0 atom stereocenters. The molecule has 0 aliphatic rings. The number of esters is 1. The van der Waals surface area contributed by atoms with E-state index in [9.17, 15) is 18.8 Å². The van der Waals surface area contributed by atoms with Crippen molar-refractivity contribution in [1.29, 1.82) is 0 Å². The smallest absolute Gasteiger partial charge is 0.339 e. The average molecular weight is 395 g/mol. The number of aromatic nitrogens is 1. The number of nitrogens with zero attached hydrogens (tertiary/aromatic N) is 1. The first kappa shape index (κ1) is 20.6. The molecule has 6 nitrogen and oxygen atoms in total. The largest absolute Gasteiger partial charge is 0.465 e. The van der Waals surface area contributed by atoms with Gasteiger partial charge in [-0.25, -0.2) is 9.18 Å². The zero-order valence-electron chi connectivity index (χ0n) is 15.5. The lowest BCUT2D eigenvalue weighted by Crippen LogP contribution is -2.29. The molecular formula is C19H20ClFN2O4. The lowest BCUT2D eigenvalue weighted by atomic mass is 10.1. The van der Waals surface area contributed by atoms with Crippen LogP contribution in [0.5, 0.6) is 0 Å². The van der Waals surface area contributed by atoms with Crippen LogP contribution in [0.25, 0.3) is 0 Å². The van der Waals surface area contributed by atoms with Crippen LogP contribution >= 0.6 is 11.6 Å². The molecule has 144 valence electrons. The van der Waals surface area contributed by atoms with Gasteiger partial charge in [0.15, 0.2) is 5.78 Å². The predicted octanol–water partition coefficient (Wildman–Crippen LogP) is 3.31. The van der Waals surface area contributed by atoms with Crippen molar-refractivity contribution in [3.63, 3.8) is 0 Å². The maximum absolute atomic E-state index is 13.9. The predicted molar refractivity (Wildman–Crippen MR) is 98.5 cm³/mol. The van der Waals surface area contributed by atoms with Crippen LogP contribution in [-0.4, -0.2) is 41.7 Å². The number of Topliss-reactive ketones (excluding diaryl/α,β-unsaturated/α-hetero) is 1. The fourth-order valence-corrected chi connectivity index (χ4v) is 3.04. The van der Waals surface area contributed by atoms with Gasteiger partial charge < -0.3 is 14.6 Å². The highest BCUT2D eigenvalue weighted by Gasteiger charge is 2.25. The van der Waals surface area contributed by atoms with Crippen LogP contribution in [0.15, 0.2) is 18.2 Å². The molecular weight excluding hydrogens is 375 g/mol. The Hall–Kier alpha value is -2.67. The van der Waals surface area contributed by atoms with Gasteiger partial charge in [-0.15, -0.1) is 0 Å². The Bertz CT molecular complexity index is 887. The molecule has 0 unspecified atom stereocenters. The summed E-state index contributed by atoms with van der Waals surface area (Å²) in [5.74, 6) is -1.79. The lowest BCUT2D eigenvalue weighted by molar-refractivity contribution is -0.129. The van der Waals surface area contributed by atoms with Gasteiger partial charge in [-0.3, -0.25) is 9.59 Å². The Kier molecular flexibility index (Phi) is 6.38. The summed E-state index contributed by atoms with van der Waals surface area (Å²) in [6, 6.07) is 4.29. The van der Waals surface area contributed by atoms with Crippen molar-refractivity contribution >= 4 is 29.3 Å². The van der Waals surface area contributed by atoms with E-state index in [1.165, 1.54) is 38.1 Å². The summed E-state index contributed by atoms with van der Waals surface area (Å²) in [5, 5.41) is 0.222. The van der Waals surface area contributed by atoms with Gasteiger partial charge in [0.2, 0.25) is 5.91 Å². The summed E-state index contributed by atoms with van der Waals surface area (Å²) in [5.41, 5.74) is 1.32. The summed E-state index contributed by atoms with van der Waals surface area (Å²) in [6.45, 7) is 2.94. The van der Waals surface area contributed by atoms with Crippen molar-refractivity contribution in [1.82, 2.24) is 9.88 Å². The van der Waals surface area contributed by atoms with Gasteiger partial charge in [-0.1, -0.05) is 17.7 Å². The first-order valence-electron chi connectivity index (χ1n) is 8.14. The van der Waals surface area contributed by atoms with E-state index in [4.69, 9.17) is 16.3 Å². The molecule has 0 bridgehead atoms. The molecule has 0 spiro atoms. The third-order valence-corrected chi connectivity index (χ3v) is 4.63. The van der Waals surface area contributed by atoms with Gasteiger partial charge in [0.05, 0.1) is 24.8 Å². The zero-order valence-corrected chi connectivity index (χ0v) is 16.2. The molecule has 0 radical (unpaired) electrons. The molecule has 0 aliphatic heterocycles. The number of halogens is 2. The fraction of sp³-hybridized carbons (Fsp3) is 0.316. The van der Waals surface area contributed by atoms with E-state index < -0.39 is 11.8 Å². The molecule has 0 saturated carbocycles. The molecule has 27 heavy (non-hydrogen) atoms. The highest BCUT2D eigenvalue weighted by atomic mass is 35.5. The minimum atomic E-state index is -0.640. The normalized spacial score (nSPS) is 10.6. The van der Waals surface area contributed by atoms with E-state index in [2.05, 4.69) is 4.98 Å². The second-order valence-corrected chi connectivity index (χ2v) is 6.56. The lowest BCUT2D eigenvalue weighted by Gasteiger charge is -2.18. The maximum atomic E-state index is 13.9. The number of hydrogen-bond acceptors (Lipinski definition) is 4. The van der Waals surface area contributed by atoms with Crippen LogP contribution in [0.1, 0.15) is 44.6 Å². The number of carbonyl (C=O) groups excluding carboxylic acids is 3. The Morgan fingerprint density at radius 2 is 1.96 bits per heavy atom. The van der Waals surface area contributed by atoms with E-state index in [1.807, 2.05) is 0 Å². The monoisotopic (exact) mass is 394 g/mol. The highest BCUT2D eigenvalue weighted by Crippen LogP contribution is 2.23. The average Bonchev–Trinajstić information content (AvgIpc) is 2.93. The summed E-state index contributed by atoms with van der Waals surface area (Å²) >= 11 is 6.00. The van der Waals surface area contributed by atoms with E-state index >= 15 is 0 Å². The van der Waals surface area contributed by atoms with Gasteiger partial charge >= 0.3 is 5.97 Å². The molecule has 0 saturated heterocycles. The summed E-state index contributed by atoms with van der Waals surface area (Å²) in [4.78, 5) is 40.6. The number of amides is 1. The van der Waals surface area contributed by atoms with Crippen molar-refractivity contribution < 1.29 is 23.5 Å². The van der Waals surface area contributed by atoms with Gasteiger partial charge in [-0.2, -0.15) is 0 Å². The van der Waals surface area contributed by atoms with E-state index in [1.54, 1.807) is 13.0 Å². The molecule has 1 aromatic heterocycles. The standard InChI is InChI=1S/C19H20ClFN2O4/c1-10-17(19(26)27-4)15(22-18(10)11(2)24)8-16(25)23(3)9-12-13(20)6-5-7-14(12)21/h5-7,22H,8-9H2,1-4H3. The first-order chi connectivity index (χ1) is 12.7. The number of rotatable bonds is 6. The zero-order chi connectivity index (χ0) is 20.3. The minimum Gasteiger partial charge on any atom is -0.465 e. The van der Waals surface area contributed by atoms with Crippen LogP contribution in [0.4, 0.5) is 4.39 Å². The Labute approximate surface area is 161 Å². The molecule has 8 heteroatoms. The number of benzene rings is 1. The Morgan fingerprint density at radius 1 is 1.30 bits per heavy atom. The molecule has 1 amide bonds. The van der Waals surface area contributed by atoms with Crippen molar-refractivity contribution in [2.24, 2.45) is 0 Å². The van der Waals surface area contributed by atoms with Gasteiger partial charge in [0, 0.05) is 36.8 Å². The van der Waals surface area contributed by atoms with Crippen molar-refractivity contribution in [3.8, 4) is 0 Å². The molecule has 2 aromatic rings. The number of methoxy groups -OCH3 is 1. The van der Waals surface area contributed by atoms with E-state index in [0.717, 1.165) is 0 Å². The number of likely N-dealkylation sites (N-methyl/N-ethyl adjacent to an activating group) is 1. The number of ether oxygens (including phenoxy) is 1. The molecule has 1 aromatic carbocycles. The topological polar surface area (TPSA) is 79.5 Å². The van der Waals surface area contributed by atoms with Crippen LogP contribution in [0.3, 0.4) is 0 Å². The van der Waals surface area contributed by atoms with Crippen molar-refractivity contribution in [2.75, 3.05) is 14.2 Å². The third-order valence-electron chi connectivity index (χ3n) is 4.28. The molecule has 2 rings (SSSR count). The van der Waals surface area contributed by atoms with Gasteiger partial charge in [0.25, 0.3) is 0 Å².